The van der Waals surface area contributed by atoms with Gasteiger partial charge >= 0.3 is 0 Å². The van der Waals surface area contributed by atoms with E-state index in [-0.39, 0.29) is 18.6 Å². The van der Waals surface area contributed by atoms with Gasteiger partial charge in [0, 0.05) is 6.42 Å². The molecule has 0 saturated heterocycles. The lowest BCUT2D eigenvalue weighted by Crippen LogP contribution is -2.08. The molecule has 4 nitrogen and oxygen atoms in total. The Hall–Kier alpha value is -0.910. The fourth-order valence-electron chi connectivity index (χ4n) is 0.882. The average Bonchev–Trinajstić information content (AvgIpc) is 2.32. The quantitative estimate of drug-likeness (QED) is 0.776. The van der Waals surface area contributed by atoms with Gasteiger partial charge in [0.2, 0.25) is 0 Å². The second-order valence-corrected chi connectivity index (χ2v) is 4.51. The fraction of sp³-hybridized carbons (Fsp3) is 0.400. The van der Waals surface area contributed by atoms with Crippen LogP contribution in [-0.2, 0) is 14.3 Å². The van der Waals surface area contributed by atoms with E-state index in [1.54, 1.807) is 0 Å². The van der Waals surface area contributed by atoms with Gasteiger partial charge in [0.1, 0.15) is 0 Å². The third kappa shape index (κ3) is 4.92. The minimum absolute atomic E-state index is 0.207. The Bertz CT molecular complexity index is 588. The Labute approximate surface area is 96.7 Å². The summed E-state index contributed by atoms with van der Waals surface area (Å²) < 4.78 is 63.6. The molecule has 1 N–H and O–H groups in total. The molecule has 5 heteroatoms. The largest absolute Gasteiger partial charge is 0.388 e. The lowest BCUT2D eigenvalue weighted by molar-refractivity contribution is 0.143. The van der Waals surface area contributed by atoms with E-state index in [0.29, 0.717) is 0 Å². The van der Waals surface area contributed by atoms with Crippen molar-refractivity contribution in [3.8, 4) is 0 Å². The summed E-state index contributed by atoms with van der Waals surface area (Å²) in [7, 11) is -3.65. The highest BCUT2D eigenvalue weighted by atomic mass is 32.2. The summed E-state index contributed by atoms with van der Waals surface area (Å²) in [4.78, 5) is 0. The number of benzene rings is 1. The zero-order valence-corrected chi connectivity index (χ0v) is 8.89. The molecule has 0 radical (unpaired) electrons. The molecule has 1 aromatic rings. The maximum Gasteiger partial charge on any atom is 0.264 e. The molecular formula is C10H14O4S. The maximum absolute atomic E-state index is 10.8. The molecule has 0 spiro atoms. The van der Waals surface area contributed by atoms with Gasteiger partial charge < -0.3 is 5.11 Å². The Balaban J connectivity index is 3.02. The number of aliphatic hydroxyl groups is 1. The molecule has 0 saturated carbocycles. The molecule has 15 heavy (non-hydrogen) atoms. The van der Waals surface area contributed by atoms with Crippen molar-refractivity contribution < 1.29 is 24.6 Å². The molecule has 0 bridgehead atoms. The van der Waals surface area contributed by atoms with Crippen LogP contribution in [0, 0.1) is 0 Å². The molecule has 0 aromatic heterocycles. The van der Waals surface area contributed by atoms with Gasteiger partial charge in [0.25, 0.3) is 10.1 Å². The van der Waals surface area contributed by atoms with Crippen LogP contribution in [0.25, 0.3) is 0 Å². The van der Waals surface area contributed by atoms with E-state index >= 15 is 0 Å². The van der Waals surface area contributed by atoms with E-state index in [4.69, 9.17) is 6.85 Å². The Morgan fingerprint density at radius 2 is 2.07 bits per heavy atom. The van der Waals surface area contributed by atoms with Crippen molar-refractivity contribution in [3.05, 3.63) is 35.8 Å². The van der Waals surface area contributed by atoms with Crippen LogP contribution in [0.15, 0.2) is 30.2 Å². The number of hydrogen-bond acceptors (Lipinski definition) is 4. The molecule has 0 unspecified atom stereocenters. The lowest BCUT2D eigenvalue weighted by atomic mass is 10.1. The summed E-state index contributed by atoms with van der Waals surface area (Å²) in [6.45, 7) is -0.345. The Morgan fingerprint density at radius 1 is 1.47 bits per heavy atom. The molecule has 0 aliphatic rings. The van der Waals surface area contributed by atoms with E-state index < -0.39 is 46.4 Å². The van der Waals surface area contributed by atoms with Crippen LogP contribution in [0.4, 0.5) is 0 Å². The standard InChI is InChI=1S/C10H14O4S/c1-15(12,13)14-8-7-10(11)9-5-3-2-4-6-9/h2-6,10-11H,7-8H2,1H3/t10-/m0/s1/i2D,3D,4D,5D,6D. The molecule has 1 atom stereocenters. The molecule has 84 valence electrons. The molecule has 0 aliphatic heterocycles. The Morgan fingerprint density at radius 3 is 2.60 bits per heavy atom. The molecule has 0 amide bonds. The summed E-state index contributed by atoms with van der Waals surface area (Å²) >= 11 is 0. The summed E-state index contributed by atoms with van der Waals surface area (Å²) in [5.41, 5.74) is -0.270. The molecule has 1 aromatic carbocycles. The minimum atomic E-state index is -3.65. The topological polar surface area (TPSA) is 63.6 Å². The predicted molar refractivity (Wildman–Crippen MR) is 56.8 cm³/mol. The first-order valence-corrected chi connectivity index (χ1v) is 5.97. The van der Waals surface area contributed by atoms with Crippen molar-refractivity contribution in [2.75, 3.05) is 12.9 Å². The highest BCUT2D eigenvalue weighted by Crippen LogP contribution is 2.15. The summed E-state index contributed by atoms with van der Waals surface area (Å²) in [6.07, 6.45) is -0.768. The van der Waals surface area contributed by atoms with Crippen molar-refractivity contribution >= 4 is 10.1 Å². The smallest absolute Gasteiger partial charge is 0.264 e. The molecule has 0 aliphatic carbocycles. The maximum atomic E-state index is 10.8. The Kier molecular flexibility index (Phi) is 2.32. The van der Waals surface area contributed by atoms with Gasteiger partial charge in [-0.15, -0.1) is 0 Å². The van der Waals surface area contributed by atoms with Gasteiger partial charge in [-0.05, 0) is 5.56 Å². The van der Waals surface area contributed by atoms with Gasteiger partial charge in [0.05, 0.1) is 25.8 Å². The number of rotatable bonds is 5. The van der Waals surface area contributed by atoms with Crippen LogP contribution < -0.4 is 0 Å². The second-order valence-electron chi connectivity index (χ2n) is 2.87. The van der Waals surface area contributed by atoms with E-state index in [1.165, 1.54) is 0 Å². The first kappa shape index (κ1) is 6.62. The number of hydrogen-bond donors (Lipinski definition) is 1. The normalized spacial score (nSPS) is 18.4. The fourth-order valence-corrected chi connectivity index (χ4v) is 1.28. The SMILES string of the molecule is [2H]c1c([2H])c([2H])c([C@@H](O)CCOS(C)(=O)=O)c([2H])c1[2H]. The van der Waals surface area contributed by atoms with Crippen LogP contribution >= 0.6 is 0 Å². The van der Waals surface area contributed by atoms with Gasteiger partial charge in [-0.1, -0.05) is 30.2 Å². The van der Waals surface area contributed by atoms with Crippen molar-refractivity contribution in [1.29, 1.82) is 0 Å². The molecule has 1 rings (SSSR count). The van der Waals surface area contributed by atoms with Crippen molar-refractivity contribution in [2.45, 2.75) is 12.5 Å². The van der Waals surface area contributed by atoms with Crippen LogP contribution in [0.2, 0.25) is 0 Å². The van der Waals surface area contributed by atoms with E-state index in [2.05, 4.69) is 4.18 Å². The van der Waals surface area contributed by atoms with Crippen LogP contribution in [0.1, 0.15) is 24.9 Å². The first-order chi connectivity index (χ1) is 9.06. The predicted octanol–water partition coefficient (Wildman–Crippen LogP) is 1.09. The van der Waals surface area contributed by atoms with Crippen molar-refractivity contribution in [2.24, 2.45) is 0 Å². The average molecular weight is 235 g/mol. The number of aliphatic hydroxyl groups excluding tert-OH is 1. The molecule has 0 fully saturated rings. The molecular weight excluding hydrogens is 216 g/mol. The third-order valence-corrected chi connectivity index (χ3v) is 2.14. The van der Waals surface area contributed by atoms with Crippen molar-refractivity contribution in [3.63, 3.8) is 0 Å². The highest BCUT2D eigenvalue weighted by Gasteiger charge is 2.08. The van der Waals surface area contributed by atoms with E-state index in [9.17, 15) is 13.5 Å². The first-order valence-electron chi connectivity index (χ1n) is 6.65. The van der Waals surface area contributed by atoms with Crippen LogP contribution in [0.5, 0.6) is 0 Å². The lowest BCUT2D eigenvalue weighted by Gasteiger charge is -2.09. The zero-order chi connectivity index (χ0) is 15.7. The summed E-state index contributed by atoms with van der Waals surface area (Å²) in [6, 6.07) is -2.68. The van der Waals surface area contributed by atoms with Gasteiger partial charge in [-0.2, -0.15) is 8.42 Å². The van der Waals surface area contributed by atoms with Gasteiger partial charge in [-0.25, -0.2) is 0 Å². The molecule has 0 heterocycles. The van der Waals surface area contributed by atoms with Gasteiger partial charge in [0.15, 0.2) is 0 Å². The highest BCUT2D eigenvalue weighted by molar-refractivity contribution is 7.85. The monoisotopic (exact) mass is 235 g/mol. The van der Waals surface area contributed by atoms with Crippen LogP contribution in [-0.4, -0.2) is 26.4 Å². The second kappa shape index (κ2) is 5.25. The minimum Gasteiger partial charge on any atom is -0.388 e. The van der Waals surface area contributed by atoms with E-state index in [1.807, 2.05) is 0 Å². The van der Waals surface area contributed by atoms with Gasteiger partial charge in [-0.3, -0.25) is 4.18 Å². The summed E-state index contributed by atoms with van der Waals surface area (Å²) in [5.74, 6) is 0. The third-order valence-electron chi connectivity index (χ3n) is 1.54. The van der Waals surface area contributed by atoms with Crippen molar-refractivity contribution in [1.82, 2.24) is 0 Å². The van der Waals surface area contributed by atoms with E-state index in [0.717, 1.165) is 6.26 Å². The summed E-state index contributed by atoms with van der Waals surface area (Å²) in [5, 5.41) is 9.88. The zero-order valence-electron chi connectivity index (χ0n) is 13.1. The van der Waals surface area contributed by atoms with Crippen LogP contribution in [0.3, 0.4) is 0 Å².